The van der Waals surface area contributed by atoms with Crippen LogP contribution in [0.5, 0.6) is 0 Å². The van der Waals surface area contributed by atoms with Gasteiger partial charge in [0.25, 0.3) is 0 Å². The Morgan fingerprint density at radius 2 is 2.00 bits per heavy atom. The van der Waals surface area contributed by atoms with Crippen LogP contribution in [0, 0.1) is 11.3 Å². The normalized spacial score (nSPS) is 12.3. The second-order valence-corrected chi connectivity index (χ2v) is 2.37. The van der Waals surface area contributed by atoms with Crippen LogP contribution in [-0.4, -0.2) is 5.71 Å². The molecule has 0 fully saturated rings. The van der Waals surface area contributed by atoms with Gasteiger partial charge in [-0.05, 0) is 13.0 Å². The summed E-state index contributed by atoms with van der Waals surface area (Å²) in [7, 11) is 0. The molecule has 1 N–H and O–H groups in total. The predicted octanol–water partition coefficient (Wildman–Crippen LogP) is 2.54. The van der Waals surface area contributed by atoms with E-state index in [1.807, 2.05) is 0 Å². The van der Waals surface area contributed by atoms with Gasteiger partial charge in [0.05, 0.1) is 0 Å². The van der Waals surface area contributed by atoms with Crippen LogP contribution in [0.25, 0.3) is 0 Å². The summed E-state index contributed by atoms with van der Waals surface area (Å²) in [6, 6.07) is 0. The zero-order valence-corrected chi connectivity index (χ0v) is 6.03. The lowest BCUT2D eigenvalue weighted by atomic mass is 10.1. The zero-order valence-electron chi connectivity index (χ0n) is 6.03. The monoisotopic (exact) mass is 129 g/mol. The molecule has 0 bridgehead atoms. The minimum atomic E-state index is -0.220. The van der Waals surface area contributed by atoms with Crippen molar-refractivity contribution in [3.8, 4) is 0 Å². The van der Waals surface area contributed by atoms with Gasteiger partial charge < -0.3 is 5.41 Å². The average molecular weight is 129 g/mol. The molecule has 0 aliphatic carbocycles. The minimum Gasteiger partial charge on any atom is -0.306 e. The Labute approximate surface area is 55.1 Å². The Bertz CT molecular complexity index is 136. The van der Waals surface area contributed by atoms with E-state index < -0.39 is 0 Å². The second-order valence-electron chi connectivity index (χ2n) is 2.37. The van der Waals surface area contributed by atoms with E-state index in [-0.39, 0.29) is 17.5 Å². The minimum absolute atomic E-state index is 0.0923. The molecule has 0 rings (SSSR count). The van der Waals surface area contributed by atoms with Gasteiger partial charge in [-0.15, -0.1) is 0 Å². The molecule has 0 aromatic carbocycles. The maximum Gasteiger partial charge on any atom is 0.104 e. The molecule has 0 aromatic rings. The van der Waals surface area contributed by atoms with Gasteiger partial charge in [-0.1, -0.05) is 13.8 Å². The first-order valence-electron chi connectivity index (χ1n) is 2.96. The molecule has 1 nitrogen and oxygen atoms in total. The van der Waals surface area contributed by atoms with Crippen molar-refractivity contribution in [1.29, 1.82) is 5.41 Å². The molecule has 0 aliphatic heterocycles. The predicted molar refractivity (Wildman–Crippen MR) is 37.4 cm³/mol. The summed E-state index contributed by atoms with van der Waals surface area (Å²) >= 11 is 0. The lowest BCUT2D eigenvalue weighted by Gasteiger charge is -1.97. The third-order valence-corrected chi connectivity index (χ3v) is 0.906. The van der Waals surface area contributed by atoms with E-state index in [0.717, 1.165) is 0 Å². The summed E-state index contributed by atoms with van der Waals surface area (Å²) in [5.41, 5.74) is 0.265. The first kappa shape index (κ1) is 8.34. The highest BCUT2D eigenvalue weighted by atomic mass is 19.1. The van der Waals surface area contributed by atoms with Gasteiger partial charge in [0.1, 0.15) is 5.83 Å². The quantitative estimate of drug-likeness (QED) is 0.554. The molecule has 0 aromatic heterocycles. The lowest BCUT2D eigenvalue weighted by Crippen LogP contribution is -1.90. The first-order valence-corrected chi connectivity index (χ1v) is 2.96. The molecule has 52 valence electrons. The molecule has 0 unspecified atom stereocenters. The highest BCUT2D eigenvalue weighted by Gasteiger charge is 1.99. The summed E-state index contributed by atoms with van der Waals surface area (Å²) in [6.45, 7) is 5.07. The van der Waals surface area contributed by atoms with Crippen molar-refractivity contribution in [3.05, 3.63) is 11.9 Å². The van der Waals surface area contributed by atoms with E-state index in [1.54, 1.807) is 20.8 Å². The fourth-order valence-corrected chi connectivity index (χ4v) is 0.373. The molecule has 0 radical (unpaired) electrons. The topological polar surface area (TPSA) is 23.9 Å². The van der Waals surface area contributed by atoms with E-state index in [1.165, 1.54) is 6.08 Å². The number of allylic oxidation sites excluding steroid dienone is 2. The third-order valence-electron chi connectivity index (χ3n) is 0.906. The van der Waals surface area contributed by atoms with Gasteiger partial charge in [0.2, 0.25) is 0 Å². The van der Waals surface area contributed by atoms with Gasteiger partial charge in [-0.2, -0.15) is 0 Å². The molecule has 0 atom stereocenters. The average Bonchev–Trinajstić information content (AvgIpc) is 1.63. The fourth-order valence-electron chi connectivity index (χ4n) is 0.373. The molecule has 0 heterocycles. The first-order chi connectivity index (χ1) is 4.04. The molecule has 2 heteroatoms. The van der Waals surface area contributed by atoms with Crippen LogP contribution in [0.1, 0.15) is 20.8 Å². The van der Waals surface area contributed by atoms with E-state index in [9.17, 15) is 4.39 Å². The Morgan fingerprint density at radius 3 is 2.11 bits per heavy atom. The van der Waals surface area contributed by atoms with Crippen LogP contribution in [0.2, 0.25) is 0 Å². The number of hydrogen-bond acceptors (Lipinski definition) is 1. The number of nitrogens with one attached hydrogen (secondary N) is 1. The molecule has 0 spiro atoms. The SMILES string of the molecule is CC(=N)/C=C(/F)C(C)C. The lowest BCUT2D eigenvalue weighted by molar-refractivity contribution is 0.521. The maximum absolute atomic E-state index is 12.5. The summed E-state index contributed by atoms with van der Waals surface area (Å²) in [6.07, 6.45) is 1.24. The second kappa shape index (κ2) is 3.38. The third kappa shape index (κ3) is 3.88. The van der Waals surface area contributed by atoms with Crippen molar-refractivity contribution in [2.45, 2.75) is 20.8 Å². The summed E-state index contributed by atoms with van der Waals surface area (Å²) in [4.78, 5) is 0. The molecular weight excluding hydrogens is 117 g/mol. The van der Waals surface area contributed by atoms with Gasteiger partial charge in [-0.3, -0.25) is 0 Å². The molecule has 0 saturated heterocycles. The van der Waals surface area contributed by atoms with Crippen molar-refractivity contribution >= 4 is 5.71 Å². The summed E-state index contributed by atoms with van der Waals surface area (Å²) < 4.78 is 12.5. The molecule has 0 saturated carbocycles. The van der Waals surface area contributed by atoms with Crippen LogP contribution in [0.4, 0.5) is 4.39 Å². The van der Waals surface area contributed by atoms with Crippen LogP contribution in [0.15, 0.2) is 11.9 Å². The van der Waals surface area contributed by atoms with Crippen molar-refractivity contribution < 1.29 is 4.39 Å². The van der Waals surface area contributed by atoms with Crippen LogP contribution in [-0.2, 0) is 0 Å². The number of rotatable bonds is 2. The molecule has 0 amide bonds. The van der Waals surface area contributed by atoms with Gasteiger partial charge in [0, 0.05) is 11.6 Å². The van der Waals surface area contributed by atoms with Crippen LogP contribution >= 0.6 is 0 Å². The fraction of sp³-hybridized carbons (Fsp3) is 0.571. The summed E-state index contributed by atoms with van der Waals surface area (Å²) in [5.74, 6) is -0.312. The van der Waals surface area contributed by atoms with Crippen LogP contribution in [0.3, 0.4) is 0 Å². The molecule has 9 heavy (non-hydrogen) atoms. The zero-order chi connectivity index (χ0) is 7.44. The largest absolute Gasteiger partial charge is 0.306 e. The Hall–Kier alpha value is -0.660. The molecular formula is C7H12FN. The number of hydrogen-bond donors (Lipinski definition) is 1. The van der Waals surface area contributed by atoms with Crippen molar-refractivity contribution in [2.75, 3.05) is 0 Å². The standard InChI is InChI=1S/C7H12FN/c1-5(2)7(8)4-6(3)9/h4-5,9H,1-3H3/b7-4+,9-6?. The Morgan fingerprint density at radius 1 is 1.56 bits per heavy atom. The molecule has 0 aliphatic rings. The van der Waals surface area contributed by atoms with Gasteiger partial charge >= 0.3 is 0 Å². The van der Waals surface area contributed by atoms with E-state index >= 15 is 0 Å². The van der Waals surface area contributed by atoms with Crippen molar-refractivity contribution in [1.82, 2.24) is 0 Å². The Balaban J connectivity index is 4.00. The summed E-state index contributed by atoms with van der Waals surface area (Å²) in [5, 5.41) is 6.90. The smallest absolute Gasteiger partial charge is 0.104 e. The van der Waals surface area contributed by atoms with Crippen molar-refractivity contribution in [2.24, 2.45) is 5.92 Å². The van der Waals surface area contributed by atoms with E-state index in [0.29, 0.717) is 0 Å². The maximum atomic E-state index is 12.5. The highest BCUT2D eigenvalue weighted by Crippen LogP contribution is 2.09. The van der Waals surface area contributed by atoms with Crippen LogP contribution < -0.4 is 0 Å². The number of halogens is 1. The highest BCUT2D eigenvalue weighted by molar-refractivity contribution is 5.90. The van der Waals surface area contributed by atoms with Crippen molar-refractivity contribution in [3.63, 3.8) is 0 Å². The van der Waals surface area contributed by atoms with Gasteiger partial charge in [-0.25, -0.2) is 4.39 Å². The van der Waals surface area contributed by atoms with E-state index in [2.05, 4.69) is 0 Å². The van der Waals surface area contributed by atoms with E-state index in [4.69, 9.17) is 5.41 Å². The van der Waals surface area contributed by atoms with Gasteiger partial charge in [0.15, 0.2) is 0 Å². The Kier molecular flexibility index (Phi) is 3.13.